The Morgan fingerprint density at radius 2 is 0.949 bits per heavy atom. The smallest absolute Gasteiger partial charge is 0.255 e. The number of hydrogen-bond donors (Lipinski definition) is 4. The Morgan fingerprint density at radius 1 is 0.500 bits per heavy atom. The predicted molar refractivity (Wildman–Crippen MR) is 314 cm³/mol. The topological polar surface area (TPSA) is 140 Å². The fourth-order valence-electron chi connectivity index (χ4n) is 11.6. The highest BCUT2D eigenvalue weighted by atomic mass is 16.2. The zero-order valence-electron chi connectivity index (χ0n) is 44.5. The molecule has 4 N–H and O–H groups in total. The molecule has 2 atom stereocenters. The number of carbonyl (C=O) groups excluding carboxylic acids is 2. The largest absolute Gasteiger partial charge is 0.354 e. The van der Waals surface area contributed by atoms with Crippen molar-refractivity contribution in [3.63, 3.8) is 0 Å². The number of anilines is 4. The van der Waals surface area contributed by atoms with Gasteiger partial charge in [0.2, 0.25) is 17.8 Å². The Kier molecular flexibility index (Phi) is 16.9. The number of rotatable bonds is 18. The van der Waals surface area contributed by atoms with Crippen molar-refractivity contribution in [2.24, 2.45) is 0 Å². The Morgan fingerprint density at radius 3 is 1.45 bits per heavy atom. The number of nitrogens with zero attached hydrogens (tertiary/aromatic N) is 6. The third-order valence-electron chi connectivity index (χ3n) is 15.7. The minimum absolute atomic E-state index is 0.0335. The number of fused-ring (bicyclic) bond motifs is 6. The van der Waals surface area contributed by atoms with Gasteiger partial charge >= 0.3 is 0 Å². The fourth-order valence-corrected chi connectivity index (χ4v) is 11.6. The van der Waals surface area contributed by atoms with E-state index >= 15 is 0 Å². The van der Waals surface area contributed by atoms with Crippen molar-refractivity contribution < 1.29 is 9.59 Å². The predicted octanol–water partition coefficient (Wildman–Crippen LogP) is 12.3. The third-order valence-corrected chi connectivity index (χ3v) is 15.7. The molecule has 2 amide bonds. The molecule has 12 rings (SSSR count). The number of hydrogen-bond acceptors (Lipinski definition) is 10. The maximum absolute atomic E-state index is 12.5. The van der Waals surface area contributed by atoms with Gasteiger partial charge in [-0.3, -0.25) is 9.59 Å². The molecule has 12 heteroatoms. The summed E-state index contributed by atoms with van der Waals surface area (Å²) in [5.41, 5.74) is 15.2. The van der Waals surface area contributed by atoms with E-state index in [1.807, 2.05) is 85.2 Å². The van der Waals surface area contributed by atoms with Crippen molar-refractivity contribution in [2.75, 3.05) is 73.6 Å². The standard InChI is InChI=1S/C34H37N5O.C32H33N5O/c40-32(18-13-25-9-2-1-3-10-25)37-28-16-14-26(15-17-28)31-23-27-24-36-34(35-19-8-22-39-20-6-7-21-39)38-33(27)30-12-5-4-11-29(30)31;38-31(24-9-2-1-3-10-24)35-26-15-13-23(14-16-26)29-21-25-22-34-32(33-17-8-20-37-18-6-7-19-37)36-30(25)28-12-5-4-11-27(28)29/h1-5,9-12,14-17,24,31H,6-8,13,18-23H2,(H,37,40)(H,35,36,38);1-5,9-16,22,29H,6-8,17-21H2,(H,35,38)(H,33,34,36). The summed E-state index contributed by atoms with van der Waals surface area (Å²) in [5.74, 6) is 1.77. The van der Waals surface area contributed by atoms with Crippen LogP contribution < -0.4 is 21.3 Å². The summed E-state index contributed by atoms with van der Waals surface area (Å²) in [7, 11) is 0. The van der Waals surface area contributed by atoms with E-state index in [-0.39, 0.29) is 23.7 Å². The summed E-state index contributed by atoms with van der Waals surface area (Å²) in [5, 5.41) is 12.9. The van der Waals surface area contributed by atoms with Crippen molar-refractivity contribution >= 4 is 35.1 Å². The first-order chi connectivity index (χ1) is 38.5. The van der Waals surface area contributed by atoms with Gasteiger partial charge in [0.15, 0.2) is 0 Å². The van der Waals surface area contributed by atoms with Gasteiger partial charge in [0.05, 0.1) is 11.4 Å². The van der Waals surface area contributed by atoms with Gasteiger partial charge in [0, 0.05) is 71.8 Å². The van der Waals surface area contributed by atoms with Gasteiger partial charge in [-0.1, -0.05) is 121 Å². The zero-order chi connectivity index (χ0) is 52.9. The van der Waals surface area contributed by atoms with E-state index in [2.05, 4.69) is 126 Å². The molecule has 396 valence electrons. The van der Waals surface area contributed by atoms with Crippen molar-refractivity contribution in [3.8, 4) is 22.5 Å². The molecule has 6 aromatic carbocycles. The second-order valence-electron chi connectivity index (χ2n) is 21.1. The Labute approximate surface area is 459 Å². The van der Waals surface area contributed by atoms with Crippen molar-refractivity contribution in [3.05, 3.63) is 215 Å². The molecule has 2 aliphatic carbocycles. The maximum atomic E-state index is 12.5. The van der Waals surface area contributed by atoms with E-state index in [4.69, 9.17) is 9.97 Å². The average Bonchev–Trinajstić information content (AvgIpc) is 4.35. The molecule has 0 radical (unpaired) electrons. The molecule has 2 fully saturated rings. The van der Waals surface area contributed by atoms with Crippen LogP contribution >= 0.6 is 0 Å². The van der Waals surface area contributed by atoms with Gasteiger partial charge in [0.1, 0.15) is 0 Å². The van der Waals surface area contributed by atoms with E-state index in [0.29, 0.717) is 23.9 Å². The quantitative estimate of drug-likeness (QED) is 0.0614. The molecule has 0 saturated carbocycles. The van der Waals surface area contributed by atoms with Gasteiger partial charge in [-0.25, -0.2) is 19.9 Å². The summed E-state index contributed by atoms with van der Waals surface area (Å²) in [6, 6.07) is 53.0. The Bertz CT molecular complexity index is 3270. The molecule has 2 aliphatic heterocycles. The van der Waals surface area contributed by atoms with E-state index < -0.39 is 0 Å². The summed E-state index contributed by atoms with van der Waals surface area (Å²) in [4.78, 5) is 49.3. The maximum Gasteiger partial charge on any atom is 0.255 e. The average molecular weight is 1040 g/mol. The molecule has 4 aliphatic rings. The first-order valence-electron chi connectivity index (χ1n) is 28.2. The summed E-state index contributed by atoms with van der Waals surface area (Å²) >= 11 is 0. The molecule has 8 aromatic rings. The van der Waals surface area contributed by atoms with Crippen LogP contribution in [0.3, 0.4) is 0 Å². The number of benzene rings is 6. The van der Waals surface area contributed by atoms with Gasteiger partial charge in [-0.2, -0.15) is 0 Å². The van der Waals surface area contributed by atoms with Crippen LogP contribution in [0, 0.1) is 0 Å². The molecule has 78 heavy (non-hydrogen) atoms. The number of nitrogens with one attached hydrogen (secondary N) is 4. The first kappa shape index (κ1) is 52.0. The highest BCUT2D eigenvalue weighted by molar-refractivity contribution is 6.04. The highest BCUT2D eigenvalue weighted by Crippen LogP contribution is 2.43. The lowest BCUT2D eigenvalue weighted by molar-refractivity contribution is -0.116. The van der Waals surface area contributed by atoms with Gasteiger partial charge in [-0.15, -0.1) is 0 Å². The van der Waals surface area contributed by atoms with Crippen LogP contribution in [0.2, 0.25) is 0 Å². The molecule has 2 saturated heterocycles. The van der Waals surface area contributed by atoms with Crippen LogP contribution in [0.1, 0.15) is 106 Å². The summed E-state index contributed by atoms with van der Waals surface area (Å²) in [6.45, 7) is 8.98. The molecule has 4 heterocycles. The van der Waals surface area contributed by atoms with Crippen LogP contribution in [-0.4, -0.2) is 93.9 Å². The summed E-state index contributed by atoms with van der Waals surface area (Å²) in [6.07, 6.45) is 14.4. The van der Waals surface area contributed by atoms with Crippen LogP contribution in [0.4, 0.5) is 23.3 Å². The third kappa shape index (κ3) is 13.0. The van der Waals surface area contributed by atoms with Crippen LogP contribution in [0.25, 0.3) is 22.5 Å². The van der Waals surface area contributed by atoms with Crippen molar-refractivity contribution in [1.29, 1.82) is 0 Å². The minimum Gasteiger partial charge on any atom is -0.354 e. The molecule has 0 bridgehead atoms. The molecular weight excluding hydrogens is 965 g/mol. The molecule has 0 spiro atoms. The van der Waals surface area contributed by atoms with Crippen molar-refractivity contribution in [1.82, 2.24) is 29.7 Å². The van der Waals surface area contributed by atoms with Crippen molar-refractivity contribution in [2.45, 2.75) is 76.0 Å². The first-order valence-corrected chi connectivity index (χ1v) is 28.2. The van der Waals surface area contributed by atoms with E-state index in [1.165, 1.54) is 96.4 Å². The Balaban J connectivity index is 0.000000166. The number of amides is 2. The minimum atomic E-state index is -0.104. The number of aromatic nitrogens is 4. The molecule has 2 unspecified atom stereocenters. The lowest BCUT2D eigenvalue weighted by Crippen LogP contribution is -2.22. The number of aryl methyl sites for hydroxylation is 1. The molecule has 12 nitrogen and oxygen atoms in total. The van der Waals surface area contributed by atoms with E-state index in [0.717, 1.165) is 86.6 Å². The van der Waals surface area contributed by atoms with Crippen LogP contribution in [-0.2, 0) is 24.1 Å². The second-order valence-corrected chi connectivity index (χ2v) is 21.1. The van der Waals surface area contributed by atoms with E-state index in [1.54, 1.807) is 0 Å². The second kappa shape index (κ2) is 25.4. The summed E-state index contributed by atoms with van der Waals surface area (Å²) < 4.78 is 0. The zero-order valence-corrected chi connectivity index (χ0v) is 44.5. The van der Waals surface area contributed by atoms with Gasteiger partial charge < -0.3 is 31.1 Å². The van der Waals surface area contributed by atoms with Crippen LogP contribution in [0.5, 0.6) is 0 Å². The molecular formula is C66H70N10O2. The fraction of sp³-hybridized carbons (Fsp3) is 0.303. The van der Waals surface area contributed by atoms with E-state index in [9.17, 15) is 9.59 Å². The van der Waals surface area contributed by atoms with Gasteiger partial charge in [-0.05, 0) is 172 Å². The lowest BCUT2D eigenvalue weighted by Gasteiger charge is -2.27. The highest BCUT2D eigenvalue weighted by Gasteiger charge is 2.29. The number of carbonyl (C=O) groups is 2. The Hall–Kier alpha value is -8.06. The monoisotopic (exact) mass is 1030 g/mol. The van der Waals surface area contributed by atoms with Crippen LogP contribution in [0.15, 0.2) is 170 Å². The van der Waals surface area contributed by atoms with Gasteiger partial charge in [0.25, 0.3) is 5.91 Å². The normalized spacial score (nSPS) is 16.4. The SMILES string of the molecule is O=C(CCc1ccccc1)Nc1ccc(C2Cc3cnc(NCCCN4CCCC4)nc3-c3ccccc32)cc1.O=C(Nc1ccc(C2Cc3cnc(NCCCN4CCCC4)nc3-c3ccccc32)cc1)c1ccccc1. The number of likely N-dealkylation sites (tertiary alicyclic amines) is 2. The molecule has 2 aromatic heterocycles. The lowest BCUT2D eigenvalue weighted by atomic mass is 9.78.